The lowest BCUT2D eigenvalue weighted by atomic mass is 10.2. The Labute approximate surface area is 170 Å². The maximum absolute atomic E-state index is 11.8. The average Bonchev–Trinajstić information content (AvgIpc) is 3.17. The maximum Gasteiger partial charge on any atom is 0.412 e. The Morgan fingerprint density at radius 2 is 2.17 bits per heavy atom. The molecule has 2 heterocycles. The zero-order valence-electron chi connectivity index (χ0n) is 15.6. The Morgan fingerprint density at radius 3 is 2.93 bits per heavy atom. The third-order valence-corrected chi connectivity index (χ3v) is 5.01. The van der Waals surface area contributed by atoms with E-state index in [1.807, 2.05) is 5.38 Å². The van der Waals surface area contributed by atoms with Crippen LogP contribution in [0.3, 0.4) is 0 Å². The molecule has 0 aliphatic carbocycles. The van der Waals surface area contributed by atoms with Crippen LogP contribution in [0.5, 0.6) is 11.5 Å². The second-order valence-corrected chi connectivity index (χ2v) is 6.79. The standard InChI is InChI=1S/C19H20N4O5S/c1-21-18(25)11-3-2-4-13(7-11)27-9-12-10-29-16-14(8-23-17(20)15(12)16)28-19(26)22-5-6-24/h2-4,7-8,10,24H,5-6,9H2,1H3,(H2,20,23)(H,21,25)(H,22,26). The van der Waals surface area contributed by atoms with Gasteiger partial charge in [0.2, 0.25) is 0 Å². The van der Waals surface area contributed by atoms with Crippen LogP contribution in [0, 0.1) is 0 Å². The number of pyridine rings is 1. The fraction of sp³-hybridized carbons (Fsp3) is 0.211. The van der Waals surface area contributed by atoms with E-state index >= 15 is 0 Å². The Balaban J connectivity index is 1.80. The molecule has 152 valence electrons. The summed E-state index contributed by atoms with van der Waals surface area (Å²) < 4.78 is 11.7. The van der Waals surface area contributed by atoms with Gasteiger partial charge >= 0.3 is 6.09 Å². The molecule has 0 atom stereocenters. The summed E-state index contributed by atoms with van der Waals surface area (Å²) in [6, 6.07) is 6.83. The summed E-state index contributed by atoms with van der Waals surface area (Å²) in [5, 5.41) is 16.2. The lowest BCUT2D eigenvalue weighted by Crippen LogP contribution is -2.29. The summed E-state index contributed by atoms with van der Waals surface area (Å²) in [6.07, 6.45) is 0.689. The van der Waals surface area contributed by atoms with Gasteiger partial charge in [0.15, 0.2) is 5.75 Å². The number of ether oxygens (including phenoxy) is 2. The number of aliphatic hydroxyl groups is 1. The third-order valence-electron chi connectivity index (χ3n) is 3.97. The Morgan fingerprint density at radius 1 is 1.34 bits per heavy atom. The van der Waals surface area contributed by atoms with Crippen molar-refractivity contribution in [1.29, 1.82) is 0 Å². The summed E-state index contributed by atoms with van der Waals surface area (Å²) in [5.74, 6) is 0.892. The van der Waals surface area contributed by atoms with E-state index in [1.165, 1.54) is 17.5 Å². The molecule has 9 nitrogen and oxygen atoms in total. The van der Waals surface area contributed by atoms with E-state index < -0.39 is 6.09 Å². The molecule has 0 radical (unpaired) electrons. The Hall–Kier alpha value is -3.37. The molecule has 2 amide bonds. The highest BCUT2D eigenvalue weighted by Gasteiger charge is 2.16. The van der Waals surface area contributed by atoms with Crippen LogP contribution in [-0.2, 0) is 6.61 Å². The minimum absolute atomic E-state index is 0.0863. The molecule has 0 bridgehead atoms. The van der Waals surface area contributed by atoms with E-state index in [9.17, 15) is 9.59 Å². The molecule has 10 heteroatoms. The van der Waals surface area contributed by atoms with Gasteiger partial charge in [0.05, 0.1) is 17.5 Å². The number of benzene rings is 1. The SMILES string of the molecule is CNC(=O)c1cccc(OCc2csc3c(OC(=O)NCCO)cnc(N)c23)c1. The van der Waals surface area contributed by atoms with Crippen molar-refractivity contribution in [1.82, 2.24) is 15.6 Å². The molecular weight excluding hydrogens is 396 g/mol. The van der Waals surface area contributed by atoms with Crippen LogP contribution in [-0.4, -0.2) is 42.3 Å². The van der Waals surface area contributed by atoms with E-state index in [0.717, 1.165) is 5.56 Å². The fourth-order valence-corrected chi connectivity index (χ4v) is 3.62. The third kappa shape index (κ3) is 4.73. The van der Waals surface area contributed by atoms with E-state index in [-0.39, 0.29) is 31.4 Å². The number of aliphatic hydroxyl groups excluding tert-OH is 1. The van der Waals surface area contributed by atoms with Crippen LogP contribution < -0.4 is 25.8 Å². The quantitative estimate of drug-likeness (QED) is 0.462. The van der Waals surface area contributed by atoms with Crippen molar-refractivity contribution in [2.45, 2.75) is 6.61 Å². The second kappa shape index (κ2) is 9.22. The molecule has 3 aromatic rings. The van der Waals surface area contributed by atoms with Crippen molar-refractivity contribution in [2.75, 3.05) is 25.9 Å². The highest BCUT2D eigenvalue weighted by molar-refractivity contribution is 7.17. The van der Waals surface area contributed by atoms with Crippen LogP contribution in [0.1, 0.15) is 15.9 Å². The minimum atomic E-state index is -0.691. The van der Waals surface area contributed by atoms with Gasteiger partial charge in [0, 0.05) is 30.1 Å². The second-order valence-electron chi connectivity index (χ2n) is 5.91. The lowest BCUT2D eigenvalue weighted by Gasteiger charge is -2.09. The Kier molecular flexibility index (Phi) is 6.47. The zero-order valence-corrected chi connectivity index (χ0v) is 16.4. The lowest BCUT2D eigenvalue weighted by molar-refractivity contribution is 0.0962. The van der Waals surface area contributed by atoms with Gasteiger partial charge in [-0.1, -0.05) is 6.07 Å². The van der Waals surface area contributed by atoms with Crippen molar-refractivity contribution < 1.29 is 24.2 Å². The number of nitrogens with two attached hydrogens (primary N) is 1. The van der Waals surface area contributed by atoms with Gasteiger partial charge in [0.1, 0.15) is 18.2 Å². The summed E-state index contributed by atoms with van der Waals surface area (Å²) >= 11 is 1.35. The van der Waals surface area contributed by atoms with Crippen LogP contribution in [0.15, 0.2) is 35.8 Å². The molecule has 0 unspecified atom stereocenters. The predicted molar refractivity (Wildman–Crippen MR) is 109 cm³/mol. The molecule has 5 N–H and O–H groups in total. The number of hydrogen-bond acceptors (Lipinski definition) is 8. The summed E-state index contributed by atoms with van der Waals surface area (Å²) in [7, 11) is 1.56. The van der Waals surface area contributed by atoms with Crippen molar-refractivity contribution >= 4 is 39.2 Å². The Bertz CT molecular complexity index is 1040. The molecule has 0 aliphatic heterocycles. The smallest absolute Gasteiger partial charge is 0.412 e. The number of carbonyl (C=O) groups is 2. The van der Waals surface area contributed by atoms with Crippen molar-refractivity contribution in [3.05, 3.63) is 47.0 Å². The normalized spacial score (nSPS) is 10.6. The number of nitrogens with zero attached hydrogens (tertiary/aromatic N) is 1. The van der Waals surface area contributed by atoms with E-state index in [1.54, 1.807) is 31.3 Å². The molecule has 0 aliphatic rings. The van der Waals surface area contributed by atoms with Crippen LogP contribution in [0.4, 0.5) is 10.6 Å². The number of nitrogen functional groups attached to an aromatic ring is 1. The van der Waals surface area contributed by atoms with Gasteiger partial charge in [-0.15, -0.1) is 11.3 Å². The molecule has 0 saturated carbocycles. The highest BCUT2D eigenvalue weighted by Crippen LogP contribution is 2.37. The first-order valence-electron chi connectivity index (χ1n) is 8.69. The molecule has 0 spiro atoms. The van der Waals surface area contributed by atoms with Gasteiger partial charge in [0.25, 0.3) is 5.91 Å². The van der Waals surface area contributed by atoms with Gasteiger partial charge in [-0.25, -0.2) is 9.78 Å². The van der Waals surface area contributed by atoms with Crippen LogP contribution in [0.2, 0.25) is 0 Å². The molecule has 2 aromatic heterocycles. The molecule has 3 rings (SSSR count). The van der Waals surface area contributed by atoms with Crippen molar-refractivity contribution in [2.24, 2.45) is 0 Å². The van der Waals surface area contributed by atoms with Crippen LogP contribution in [0.25, 0.3) is 10.1 Å². The molecule has 29 heavy (non-hydrogen) atoms. The van der Waals surface area contributed by atoms with Gasteiger partial charge in [-0.05, 0) is 23.6 Å². The fourth-order valence-electron chi connectivity index (χ4n) is 2.61. The van der Waals surface area contributed by atoms with E-state index in [4.69, 9.17) is 20.3 Å². The average molecular weight is 416 g/mol. The number of rotatable bonds is 7. The number of thiophene rings is 1. The first kappa shape index (κ1) is 20.4. The molecule has 0 saturated heterocycles. The van der Waals surface area contributed by atoms with Gasteiger partial charge in [-0.2, -0.15) is 0 Å². The molecule has 0 fully saturated rings. The number of anilines is 1. The number of fused-ring (bicyclic) bond motifs is 1. The van der Waals surface area contributed by atoms with E-state index in [0.29, 0.717) is 27.2 Å². The number of nitrogens with one attached hydrogen (secondary N) is 2. The molecular formula is C19H20N4O5S. The van der Waals surface area contributed by atoms with Crippen molar-refractivity contribution in [3.63, 3.8) is 0 Å². The summed E-state index contributed by atoms with van der Waals surface area (Å²) in [6.45, 7) is 0.0956. The monoisotopic (exact) mass is 416 g/mol. The highest BCUT2D eigenvalue weighted by atomic mass is 32.1. The largest absolute Gasteiger partial charge is 0.489 e. The molecule has 1 aromatic carbocycles. The first-order chi connectivity index (χ1) is 14.0. The summed E-state index contributed by atoms with van der Waals surface area (Å²) in [5.41, 5.74) is 7.30. The van der Waals surface area contributed by atoms with Crippen molar-refractivity contribution in [3.8, 4) is 11.5 Å². The summed E-state index contributed by atoms with van der Waals surface area (Å²) in [4.78, 5) is 27.6. The first-order valence-corrected chi connectivity index (χ1v) is 9.57. The predicted octanol–water partition coefficient (Wildman–Crippen LogP) is 1.90. The number of carbonyl (C=O) groups excluding carboxylic acids is 2. The zero-order chi connectivity index (χ0) is 20.8. The number of amides is 2. The number of hydrogen-bond donors (Lipinski definition) is 4. The van der Waals surface area contributed by atoms with E-state index in [2.05, 4.69) is 15.6 Å². The van der Waals surface area contributed by atoms with Gasteiger partial charge in [-0.3, -0.25) is 4.79 Å². The number of aromatic nitrogens is 1. The topological polar surface area (TPSA) is 136 Å². The van der Waals surface area contributed by atoms with Gasteiger partial charge < -0.3 is 30.9 Å². The maximum atomic E-state index is 11.8. The van der Waals surface area contributed by atoms with Crippen LogP contribution >= 0.6 is 11.3 Å². The minimum Gasteiger partial charge on any atom is -0.489 e.